The highest BCUT2D eigenvalue weighted by molar-refractivity contribution is 5.95. The molecular weight excluding hydrogens is 356 g/mol. The molecule has 3 aromatic carbocycles. The minimum atomic E-state index is -0.181. The number of ether oxygens (including phenoxy) is 3. The predicted molar refractivity (Wildman–Crippen MR) is 108 cm³/mol. The normalized spacial score (nSPS) is 12.1. The number of benzene rings is 3. The molecule has 4 rings (SSSR count). The highest BCUT2D eigenvalue weighted by atomic mass is 16.6. The zero-order chi connectivity index (χ0) is 19.2. The zero-order valence-corrected chi connectivity index (χ0v) is 15.2. The van der Waals surface area contributed by atoms with Crippen molar-refractivity contribution < 1.29 is 19.0 Å². The van der Waals surface area contributed by atoms with Crippen LogP contribution in [-0.2, 0) is 4.79 Å². The quantitative estimate of drug-likeness (QED) is 0.671. The molecule has 6 heteroatoms. The van der Waals surface area contributed by atoms with Gasteiger partial charge < -0.3 is 24.8 Å². The maximum absolute atomic E-state index is 12.4. The van der Waals surface area contributed by atoms with Gasteiger partial charge in [0.1, 0.15) is 19.0 Å². The van der Waals surface area contributed by atoms with Crippen LogP contribution in [0.1, 0.15) is 0 Å². The van der Waals surface area contributed by atoms with E-state index in [0.717, 1.165) is 5.69 Å². The van der Waals surface area contributed by atoms with Crippen LogP contribution in [0.25, 0.3) is 0 Å². The van der Waals surface area contributed by atoms with Gasteiger partial charge in [-0.15, -0.1) is 0 Å². The molecule has 2 N–H and O–H groups in total. The Labute approximate surface area is 163 Å². The summed E-state index contributed by atoms with van der Waals surface area (Å²) in [5.74, 6) is 2.51. The van der Waals surface area contributed by atoms with Crippen LogP contribution in [0.2, 0.25) is 0 Å². The van der Waals surface area contributed by atoms with Crippen molar-refractivity contribution in [1.82, 2.24) is 0 Å². The molecule has 6 nitrogen and oxygen atoms in total. The number of nitrogens with one attached hydrogen (secondary N) is 2. The number of carbonyl (C=O) groups excluding carboxylic acids is 1. The molecule has 0 atom stereocenters. The van der Waals surface area contributed by atoms with E-state index in [1.54, 1.807) is 6.07 Å². The molecule has 0 radical (unpaired) electrons. The first kappa shape index (κ1) is 17.7. The molecular formula is C22H20N2O4. The summed E-state index contributed by atoms with van der Waals surface area (Å²) < 4.78 is 16.9. The van der Waals surface area contributed by atoms with Crippen molar-refractivity contribution >= 4 is 17.3 Å². The van der Waals surface area contributed by atoms with Crippen LogP contribution in [0.5, 0.6) is 23.0 Å². The van der Waals surface area contributed by atoms with Gasteiger partial charge in [0, 0.05) is 11.8 Å². The van der Waals surface area contributed by atoms with Gasteiger partial charge in [-0.25, -0.2) is 0 Å². The van der Waals surface area contributed by atoms with Crippen molar-refractivity contribution in [2.45, 2.75) is 0 Å². The van der Waals surface area contributed by atoms with E-state index >= 15 is 0 Å². The van der Waals surface area contributed by atoms with E-state index in [9.17, 15) is 4.79 Å². The van der Waals surface area contributed by atoms with Gasteiger partial charge in [0.05, 0.1) is 12.2 Å². The lowest BCUT2D eigenvalue weighted by atomic mass is 10.2. The largest absolute Gasteiger partial charge is 0.486 e. The molecule has 0 bridgehead atoms. The minimum Gasteiger partial charge on any atom is -0.486 e. The third-order valence-electron chi connectivity index (χ3n) is 4.13. The van der Waals surface area contributed by atoms with Crippen LogP contribution in [0.3, 0.4) is 0 Å². The van der Waals surface area contributed by atoms with Crippen LogP contribution < -0.4 is 24.8 Å². The Kier molecular flexibility index (Phi) is 5.29. The molecule has 1 amide bonds. The first-order valence-electron chi connectivity index (χ1n) is 9.03. The number of fused-ring (bicyclic) bond motifs is 1. The van der Waals surface area contributed by atoms with E-state index in [-0.39, 0.29) is 12.5 Å². The number of rotatable bonds is 6. The summed E-state index contributed by atoms with van der Waals surface area (Å²) in [6.07, 6.45) is 0. The molecule has 142 valence electrons. The van der Waals surface area contributed by atoms with Crippen LogP contribution in [0, 0.1) is 0 Å². The fourth-order valence-electron chi connectivity index (χ4n) is 2.80. The SMILES string of the molecule is O=C(CNc1ccc2c(c1)OCCO2)Nc1ccccc1Oc1ccccc1. The molecule has 0 saturated carbocycles. The smallest absolute Gasteiger partial charge is 0.243 e. The van der Waals surface area contributed by atoms with Gasteiger partial charge >= 0.3 is 0 Å². The van der Waals surface area contributed by atoms with Crippen molar-refractivity contribution in [3.8, 4) is 23.0 Å². The lowest BCUT2D eigenvalue weighted by Gasteiger charge is -2.19. The van der Waals surface area contributed by atoms with Crippen molar-refractivity contribution in [3.05, 3.63) is 72.8 Å². The monoisotopic (exact) mass is 376 g/mol. The fourth-order valence-corrected chi connectivity index (χ4v) is 2.80. The predicted octanol–water partition coefficient (Wildman–Crippen LogP) is 4.30. The molecule has 1 aliphatic rings. The summed E-state index contributed by atoms with van der Waals surface area (Å²) >= 11 is 0. The number of anilines is 2. The Balaban J connectivity index is 1.38. The van der Waals surface area contributed by atoms with Gasteiger partial charge in [-0.05, 0) is 36.4 Å². The molecule has 0 unspecified atom stereocenters. The second kappa shape index (κ2) is 8.35. The zero-order valence-electron chi connectivity index (χ0n) is 15.2. The molecule has 1 aliphatic heterocycles. The van der Waals surface area contributed by atoms with Gasteiger partial charge in [0.2, 0.25) is 5.91 Å². The van der Waals surface area contributed by atoms with Crippen LogP contribution in [-0.4, -0.2) is 25.7 Å². The van der Waals surface area contributed by atoms with E-state index in [1.165, 1.54) is 0 Å². The minimum absolute atomic E-state index is 0.110. The van der Waals surface area contributed by atoms with Gasteiger partial charge in [-0.3, -0.25) is 4.79 Å². The summed E-state index contributed by atoms with van der Waals surface area (Å²) in [5.41, 5.74) is 1.40. The van der Waals surface area contributed by atoms with Crippen LogP contribution in [0.15, 0.2) is 72.8 Å². The highest BCUT2D eigenvalue weighted by Crippen LogP contribution is 2.32. The average Bonchev–Trinajstić information content (AvgIpc) is 2.74. The van der Waals surface area contributed by atoms with Gasteiger partial charge in [-0.2, -0.15) is 0 Å². The van der Waals surface area contributed by atoms with E-state index < -0.39 is 0 Å². The summed E-state index contributed by atoms with van der Waals surface area (Å²) in [7, 11) is 0. The molecule has 3 aromatic rings. The van der Waals surface area contributed by atoms with E-state index in [0.29, 0.717) is 41.9 Å². The summed E-state index contributed by atoms with van der Waals surface area (Å²) in [4.78, 5) is 12.4. The van der Waals surface area contributed by atoms with E-state index in [1.807, 2.05) is 66.7 Å². The van der Waals surface area contributed by atoms with E-state index in [2.05, 4.69) is 10.6 Å². The van der Waals surface area contributed by atoms with Crippen molar-refractivity contribution in [2.24, 2.45) is 0 Å². The summed E-state index contributed by atoms with van der Waals surface area (Å²) in [6, 6.07) is 22.3. The van der Waals surface area contributed by atoms with Gasteiger partial charge in [0.15, 0.2) is 17.2 Å². The Hall–Kier alpha value is -3.67. The third-order valence-corrected chi connectivity index (χ3v) is 4.13. The third kappa shape index (κ3) is 4.35. The molecule has 0 fully saturated rings. The van der Waals surface area contributed by atoms with Gasteiger partial charge in [-0.1, -0.05) is 30.3 Å². The fraction of sp³-hybridized carbons (Fsp3) is 0.136. The number of amides is 1. The first-order valence-corrected chi connectivity index (χ1v) is 9.03. The standard InChI is InChI=1S/C22H20N2O4/c25-22(15-23-16-10-11-20-21(14-16)27-13-12-26-20)24-18-8-4-5-9-19(18)28-17-6-2-1-3-7-17/h1-11,14,23H,12-13,15H2,(H,24,25). The van der Waals surface area contributed by atoms with Crippen LogP contribution in [0.4, 0.5) is 11.4 Å². The summed E-state index contributed by atoms with van der Waals surface area (Å²) in [6.45, 7) is 1.18. The first-order chi connectivity index (χ1) is 13.8. The number of hydrogen-bond donors (Lipinski definition) is 2. The highest BCUT2D eigenvalue weighted by Gasteiger charge is 2.13. The maximum atomic E-state index is 12.4. The maximum Gasteiger partial charge on any atom is 0.243 e. The van der Waals surface area contributed by atoms with Crippen LogP contribution >= 0.6 is 0 Å². The molecule has 0 spiro atoms. The lowest BCUT2D eigenvalue weighted by molar-refractivity contribution is -0.114. The molecule has 0 aliphatic carbocycles. The Morgan fingerprint density at radius 2 is 1.64 bits per heavy atom. The van der Waals surface area contributed by atoms with Crippen molar-refractivity contribution in [3.63, 3.8) is 0 Å². The number of para-hydroxylation sites is 3. The van der Waals surface area contributed by atoms with Gasteiger partial charge in [0.25, 0.3) is 0 Å². The molecule has 1 heterocycles. The second-order valence-electron chi connectivity index (χ2n) is 6.17. The molecule has 0 aromatic heterocycles. The summed E-state index contributed by atoms with van der Waals surface area (Å²) in [5, 5.41) is 5.98. The molecule has 28 heavy (non-hydrogen) atoms. The van der Waals surface area contributed by atoms with E-state index in [4.69, 9.17) is 14.2 Å². The average molecular weight is 376 g/mol. The Morgan fingerprint density at radius 1 is 0.893 bits per heavy atom. The Bertz CT molecular complexity index is 960. The molecule has 0 saturated heterocycles. The topological polar surface area (TPSA) is 68.8 Å². The number of hydrogen-bond acceptors (Lipinski definition) is 5. The second-order valence-corrected chi connectivity index (χ2v) is 6.17. The van der Waals surface area contributed by atoms with Crippen molar-refractivity contribution in [2.75, 3.05) is 30.4 Å². The lowest BCUT2D eigenvalue weighted by Crippen LogP contribution is -2.22. The number of carbonyl (C=O) groups is 1. The Morgan fingerprint density at radius 3 is 2.50 bits per heavy atom. The van der Waals surface area contributed by atoms with Crippen molar-refractivity contribution in [1.29, 1.82) is 0 Å².